The summed E-state index contributed by atoms with van der Waals surface area (Å²) in [6.07, 6.45) is 0. The molecule has 338 valence electrons. The van der Waals surface area contributed by atoms with Gasteiger partial charge in [0.15, 0.2) is 0 Å². The summed E-state index contributed by atoms with van der Waals surface area (Å²) in [7, 11) is 0. The average molecular weight is 904 g/mol. The number of anilines is 5. The molecule has 0 fully saturated rings. The Kier molecular flexibility index (Phi) is 8.35. The van der Waals surface area contributed by atoms with Crippen molar-refractivity contribution in [2.24, 2.45) is 0 Å². The monoisotopic (exact) mass is 903 g/mol. The number of benzene rings is 9. The van der Waals surface area contributed by atoms with Gasteiger partial charge in [-0.1, -0.05) is 165 Å². The van der Waals surface area contributed by atoms with Crippen LogP contribution >= 0.6 is 0 Å². The standard InChI is InChI=1S/C65H54BN3O/c1-63(2,3)39-27-30-43(31-28-39)69-55-38-48-45-23-15-17-25-50(45)65(7,8)51(48)37-49(55)59-60-61-57(58-47-24-16-18-26-56(47)70-62(58)59)46-33-32-44(67(41-19-11-9-12-20-41)42-21-13-10-14-22-42)36-54(46)68(61)53-34-29-40(64(4,5)6)35-52(53)66(60)69/h9-38H,1-8H3. The van der Waals surface area contributed by atoms with Gasteiger partial charge in [0.2, 0.25) is 0 Å². The van der Waals surface area contributed by atoms with Crippen LogP contribution in [-0.2, 0) is 16.2 Å². The molecule has 0 saturated heterocycles. The zero-order chi connectivity index (χ0) is 47.6. The summed E-state index contributed by atoms with van der Waals surface area (Å²) in [5, 5.41) is 4.76. The van der Waals surface area contributed by atoms with Crippen molar-refractivity contribution < 1.29 is 4.42 Å². The van der Waals surface area contributed by atoms with Crippen molar-refractivity contribution in [3.63, 3.8) is 0 Å². The minimum Gasteiger partial charge on any atom is -0.455 e. The van der Waals surface area contributed by atoms with E-state index in [0.29, 0.717) is 0 Å². The second-order valence-electron chi connectivity index (χ2n) is 22.5. The van der Waals surface area contributed by atoms with Crippen LogP contribution in [-0.4, -0.2) is 11.4 Å². The number of rotatable bonds is 4. The third-order valence-electron chi connectivity index (χ3n) is 16.0. The fourth-order valence-electron chi connectivity index (χ4n) is 12.6. The van der Waals surface area contributed by atoms with Crippen LogP contribution in [0.15, 0.2) is 186 Å². The van der Waals surface area contributed by atoms with Crippen LogP contribution in [0.1, 0.15) is 77.6 Å². The molecule has 11 aromatic rings. The second kappa shape index (κ2) is 14.2. The van der Waals surface area contributed by atoms with Gasteiger partial charge in [0.05, 0.1) is 11.0 Å². The van der Waals surface area contributed by atoms with Crippen LogP contribution in [0.4, 0.5) is 28.4 Å². The van der Waals surface area contributed by atoms with Gasteiger partial charge in [-0.25, -0.2) is 0 Å². The Morgan fingerprint density at radius 2 is 1.17 bits per heavy atom. The lowest BCUT2D eigenvalue weighted by Gasteiger charge is -2.43. The van der Waals surface area contributed by atoms with Gasteiger partial charge in [0, 0.05) is 72.2 Å². The molecule has 0 unspecified atom stereocenters. The zero-order valence-electron chi connectivity index (χ0n) is 41.1. The van der Waals surface area contributed by atoms with Gasteiger partial charge in [-0.3, -0.25) is 0 Å². The van der Waals surface area contributed by atoms with Crippen LogP contribution in [0, 0.1) is 0 Å². The normalized spacial score (nSPS) is 14.3. The van der Waals surface area contributed by atoms with Gasteiger partial charge in [-0.05, 0) is 128 Å². The average Bonchev–Trinajstić information content (AvgIpc) is 3.98. The van der Waals surface area contributed by atoms with E-state index in [-0.39, 0.29) is 23.1 Å². The fraction of sp³-hybridized carbons (Fsp3) is 0.169. The first-order valence-corrected chi connectivity index (χ1v) is 25.0. The number of para-hydroxylation sites is 3. The van der Waals surface area contributed by atoms with E-state index >= 15 is 0 Å². The van der Waals surface area contributed by atoms with Gasteiger partial charge in [-0.2, -0.15) is 0 Å². The summed E-state index contributed by atoms with van der Waals surface area (Å²) in [6.45, 7) is 18.6. The van der Waals surface area contributed by atoms with Gasteiger partial charge < -0.3 is 18.7 Å². The molecule has 0 N–H and O–H groups in total. The molecule has 0 atom stereocenters. The minimum absolute atomic E-state index is 0.00948. The largest absolute Gasteiger partial charge is 0.455 e. The first-order chi connectivity index (χ1) is 33.8. The number of nitrogens with zero attached hydrogens (tertiary/aromatic N) is 3. The summed E-state index contributed by atoms with van der Waals surface area (Å²) in [6, 6.07) is 68.3. The highest BCUT2D eigenvalue weighted by molar-refractivity contribution is 6.94. The van der Waals surface area contributed by atoms with E-state index in [0.717, 1.165) is 33.6 Å². The van der Waals surface area contributed by atoms with Crippen LogP contribution in [0.3, 0.4) is 0 Å². The van der Waals surface area contributed by atoms with Crippen LogP contribution in [0.5, 0.6) is 0 Å². The van der Waals surface area contributed by atoms with Crippen LogP contribution in [0.2, 0.25) is 0 Å². The maximum Gasteiger partial charge on any atom is 0.333 e. The van der Waals surface area contributed by atoms with Gasteiger partial charge in [-0.15, -0.1) is 0 Å². The molecule has 2 aromatic heterocycles. The molecule has 1 aliphatic carbocycles. The van der Waals surface area contributed by atoms with Gasteiger partial charge >= 0.3 is 6.85 Å². The number of fused-ring (bicyclic) bond motifs is 16. The lowest BCUT2D eigenvalue weighted by molar-refractivity contribution is 0.590. The maximum absolute atomic E-state index is 7.38. The molecule has 0 amide bonds. The Morgan fingerprint density at radius 1 is 0.514 bits per heavy atom. The highest BCUT2D eigenvalue weighted by atomic mass is 16.3. The van der Waals surface area contributed by atoms with E-state index in [1.807, 2.05) is 0 Å². The summed E-state index contributed by atoms with van der Waals surface area (Å²) in [5.41, 5.74) is 23.9. The van der Waals surface area contributed by atoms with E-state index in [9.17, 15) is 0 Å². The zero-order valence-corrected chi connectivity index (χ0v) is 41.1. The molecule has 3 aliphatic rings. The van der Waals surface area contributed by atoms with Gasteiger partial charge in [0.25, 0.3) is 0 Å². The minimum atomic E-state index is -0.200. The van der Waals surface area contributed by atoms with Crippen molar-refractivity contribution in [1.29, 1.82) is 0 Å². The smallest absolute Gasteiger partial charge is 0.333 e. The molecule has 5 heteroatoms. The summed E-state index contributed by atoms with van der Waals surface area (Å²) in [4.78, 5) is 5.08. The van der Waals surface area contributed by atoms with Crippen molar-refractivity contribution in [3.8, 4) is 27.9 Å². The Hall–Kier alpha value is -7.76. The predicted octanol–water partition coefficient (Wildman–Crippen LogP) is 16.3. The van der Waals surface area contributed by atoms with E-state index < -0.39 is 0 Å². The Bertz CT molecular complexity index is 3960. The van der Waals surface area contributed by atoms with E-state index in [4.69, 9.17) is 4.42 Å². The van der Waals surface area contributed by atoms with Gasteiger partial charge in [0.1, 0.15) is 11.2 Å². The molecule has 9 aromatic carbocycles. The van der Waals surface area contributed by atoms with E-state index in [1.165, 1.54) is 99.7 Å². The van der Waals surface area contributed by atoms with E-state index in [2.05, 4.69) is 252 Å². The highest BCUT2D eigenvalue weighted by Crippen LogP contribution is 2.57. The molecule has 2 aliphatic heterocycles. The number of furan rings is 1. The van der Waals surface area contributed by atoms with Crippen molar-refractivity contribution >= 4 is 90.0 Å². The second-order valence-corrected chi connectivity index (χ2v) is 22.5. The molecule has 70 heavy (non-hydrogen) atoms. The molecule has 0 bridgehead atoms. The molecule has 4 nitrogen and oxygen atoms in total. The van der Waals surface area contributed by atoms with Crippen LogP contribution < -0.4 is 20.6 Å². The SMILES string of the molecule is CC(C)(C)c1ccc(N2B3c4cc(C(C)(C)C)ccc4-n4c5cc(N(c6ccccc6)c6ccccc6)ccc5c5c6c(oc7ccccc76)c(c3c54)-c3cc4c(cc32)-c2ccccc2C4(C)C)cc1. The summed E-state index contributed by atoms with van der Waals surface area (Å²) >= 11 is 0. The Labute approximate surface area is 410 Å². The van der Waals surface area contributed by atoms with Crippen molar-refractivity contribution in [1.82, 2.24) is 4.57 Å². The molecule has 0 saturated carbocycles. The number of hydrogen-bond acceptors (Lipinski definition) is 3. The Balaban J connectivity index is 1.18. The van der Waals surface area contributed by atoms with E-state index in [1.54, 1.807) is 0 Å². The quantitative estimate of drug-likeness (QED) is 0.165. The number of hydrogen-bond donors (Lipinski definition) is 0. The first-order valence-electron chi connectivity index (χ1n) is 25.0. The Morgan fingerprint density at radius 3 is 1.89 bits per heavy atom. The molecular formula is C65H54BN3O. The van der Waals surface area contributed by atoms with Crippen molar-refractivity contribution in [2.75, 3.05) is 9.71 Å². The molecule has 4 heterocycles. The molecular weight excluding hydrogens is 850 g/mol. The third kappa shape index (κ3) is 5.60. The molecule has 0 spiro atoms. The summed E-state index contributed by atoms with van der Waals surface area (Å²) < 4.78 is 10.0. The topological polar surface area (TPSA) is 24.6 Å². The molecule has 14 rings (SSSR count). The lowest BCUT2D eigenvalue weighted by Crippen LogP contribution is -2.60. The summed E-state index contributed by atoms with van der Waals surface area (Å²) in [5.74, 6) is 0. The van der Waals surface area contributed by atoms with Crippen LogP contribution in [0.25, 0.3) is 71.7 Å². The lowest BCUT2D eigenvalue weighted by atomic mass is 9.43. The molecule has 0 radical (unpaired) electrons. The first kappa shape index (κ1) is 41.2. The van der Waals surface area contributed by atoms with Crippen molar-refractivity contribution in [3.05, 3.63) is 204 Å². The maximum atomic E-state index is 7.38. The third-order valence-corrected chi connectivity index (χ3v) is 16.0. The fourth-order valence-corrected chi connectivity index (χ4v) is 12.6. The number of aromatic nitrogens is 1. The highest BCUT2D eigenvalue weighted by Gasteiger charge is 2.48. The van der Waals surface area contributed by atoms with Crippen molar-refractivity contribution in [2.45, 2.75) is 71.6 Å². The predicted molar refractivity (Wildman–Crippen MR) is 297 cm³/mol.